The van der Waals surface area contributed by atoms with E-state index in [2.05, 4.69) is 0 Å². The lowest BCUT2D eigenvalue weighted by molar-refractivity contribution is 0.242. The van der Waals surface area contributed by atoms with E-state index in [9.17, 15) is 4.39 Å². The number of hydrogen-bond donors (Lipinski definition) is 0. The second kappa shape index (κ2) is 4.99. The van der Waals surface area contributed by atoms with Crippen molar-refractivity contribution in [3.8, 4) is 5.75 Å². The zero-order valence-electron chi connectivity index (χ0n) is 8.88. The molecule has 0 spiro atoms. The molecular weight excluding hydrogens is 179 g/mol. The standard InChI is InChI=1S/C12H16FO/c1-9(2)14-12-6-4-5-11(7-12)10(3)8-13/h4-7,9H,8H2,1-3H3. The molecule has 0 amide bonds. The van der Waals surface area contributed by atoms with Crippen molar-refractivity contribution in [1.29, 1.82) is 0 Å². The van der Waals surface area contributed by atoms with Crippen molar-refractivity contribution < 1.29 is 9.13 Å². The van der Waals surface area contributed by atoms with Crippen LogP contribution in [0.5, 0.6) is 5.75 Å². The molecule has 1 rings (SSSR count). The Hall–Kier alpha value is -1.05. The zero-order valence-corrected chi connectivity index (χ0v) is 8.88. The van der Waals surface area contributed by atoms with Crippen LogP contribution >= 0.6 is 0 Å². The average Bonchev–Trinajstić information content (AvgIpc) is 2.16. The van der Waals surface area contributed by atoms with Gasteiger partial charge in [0.05, 0.1) is 12.8 Å². The molecule has 0 aliphatic heterocycles. The van der Waals surface area contributed by atoms with Gasteiger partial charge in [0.15, 0.2) is 0 Å². The molecule has 0 fully saturated rings. The van der Waals surface area contributed by atoms with Gasteiger partial charge in [-0.05, 0) is 31.5 Å². The van der Waals surface area contributed by atoms with Crippen LogP contribution in [0.4, 0.5) is 4.39 Å². The second-order valence-electron chi connectivity index (χ2n) is 3.61. The molecule has 0 atom stereocenters. The van der Waals surface area contributed by atoms with E-state index in [4.69, 9.17) is 4.74 Å². The van der Waals surface area contributed by atoms with Crippen molar-refractivity contribution in [2.24, 2.45) is 0 Å². The predicted octanol–water partition coefficient (Wildman–Crippen LogP) is 3.39. The number of alkyl halides is 1. The molecule has 0 aliphatic carbocycles. The first-order valence-corrected chi connectivity index (χ1v) is 4.79. The van der Waals surface area contributed by atoms with Gasteiger partial charge in [0.2, 0.25) is 0 Å². The number of benzene rings is 1. The van der Waals surface area contributed by atoms with Crippen LogP contribution in [0.3, 0.4) is 0 Å². The molecule has 0 saturated carbocycles. The van der Waals surface area contributed by atoms with Crippen molar-refractivity contribution in [2.45, 2.75) is 26.9 Å². The Morgan fingerprint density at radius 2 is 2.14 bits per heavy atom. The normalized spacial score (nSPS) is 11.0. The van der Waals surface area contributed by atoms with Gasteiger partial charge in [-0.15, -0.1) is 0 Å². The largest absolute Gasteiger partial charge is 0.491 e. The Labute approximate surface area is 84.9 Å². The molecule has 0 bridgehead atoms. The number of halogens is 1. The molecule has 2 heteroatoms. The summed E-state index contributed by atoms with van der Waals surface area (Å²) in [4.78, 5) is 0. The lowest BCUT2D eigenvalue weighted by Crippen LogP contribution is -2.06. The summed E-state index contributed by atoms with van der Waals surface area (Å²) in [5.74, 6) is 1.53. The summed E-state index contributed by atoms with van der Waals surface area (Å²) in [6, 6.07) is 7.53. The molecule has 0 aromatic heterocycles. The Morgan fingerprint density at radius 1 is 1.43 bits per heavy atom. The van der Waals surface area contributed by atoms with Gasteiger partial charge in [-0.3, -0.25) is 4.39 Å². The second-order valence-corrected chi connectivity index (χ2v) is 3.61. The maximum absolute atomic E-state index is 12.4. The molecular formula is C12H16FO. The van der Waals surface area contributed by atoms with Crippen molar-refractivity contribution in [2.75, 3.05) is 6.67 Å². The lowest BCUT2D eigenvalue weighted by atomic mass is 10.0. The zero-order chi connectivity index (χ0) is 10.6. The van der Waals surface area contributed by atoms with Gasteiger partial charge in [0.1, 0.15) is 5.75 Å². The van der Waals surface area contributed by atoms with Crippen LogP contribution in [0.1, 0.15) is 26.3 Å². The third-order valence-corrected chi connectivity index (χ3v) is 1.90. The molecule has 0 unspecified atom stereocenters. The maximum Gasteiger partial charge on any atom is 0.119 e. The fourth-order valence-electron chi connectivity index (χ4n) is 1.18. The van der Waals surface area contributed by atoms with Crippen LogP contribution in [0.2, 0.25) is 0 Å². The first-order chi connectivity index (χ1) is 6.63. The van der Waals surface area contributed by atoms with Crippen LogP contribution in [0.15, 0.2) is 24.3 Å². The van der Waals surface area contributed by atoms with Crippen molar-refractivity contribution in [3.05, 3.63) is 35.7 Å². The quantitative estimate of drug-likeness (QED) is 0.715. The first-order valence-electron chi connectivity index (χ1n) is 4.79. The minimum absolute atomic E-state index is 0.149. The monoisotopic (exact) mass is 195 g/mol. The number of hydrogen-bond acceptors (Lipinski definition) is 1. The van der Waals surface area contributed by atoms with Crippen LogP contribution in [0.25, 0.3) is 0 Å². The van der Waals surface area contributed by atoms with Gasteiger partial charge in [0.25, 0.3) is 0 Å². The van der Waals surface area contributed by atoms with E-state index in [1.54, 1.807) is 6.92 Å². The first kappa shape index (κ1) is 11.0. The fourth-order valence-corrected chi connectivity index (χ4v) is 1.18. The highest BCUT2D eigenvalue weighted by atomic mass is 19.1. The van der Waals surface area contributed by atoms with Gasteiger partial charge < -0.3 is 4.74 Å². The van der Waals surface area contributed by atoms with Crippen molar-refractivity contribution in [1.82, 2.24) is 0 Å². The van der Waals surface area contributed by atoms with Crippen LogP contribution < -0.4 is 4.74 Å². The highest BCUT2D eigenvalue weighted by Gasteiger charge is 2.06. The van der Waals surface area contributed by atoms with E-state index in [0.29, 0.717) is 0 Å². The molecule has 1 aromatic carbocycles. The van der Waals surface area contributed by atoms with Gasteiger partial charge in [0, 0.05) is 5.92 Å². The predicted molar refractivity (Wildman–Crippen MR) is 56.2 cm³/mol. The third kappa shape index (κ3) is 3.02. The van der Waals surface area contributed by atoms with E-state index in [-0.39, 0.29) is 6.10 Å². The van der Waals surface area contributed by atoms with Crippen molar-refractivity contribution >= 4 is 0 Å². The number of rotatable bonds is 4. The van der Waals surface area contributed by atoms with Crippen molar-refractivity contribution in [3.63, 3.8) is 0 Å². The fraction of sp³-hybridized carbons (Fsp3) is 0.417. The Balaban J connectivity index is 2.78. The molecule has 1 nitrogen and oxygen atoms in total. The van der Waals surface area contributed by atoms with Crippen LogP contribution in [-0.2, 0) is 0 Å². The molecule has 0 heterocycles. The SMILES string of the molecule is C[C](CF)c1cccc(OC(C)C)c1. The van der Waals surface area contributed by atoms with E-state index < -0.39 is 6.67 Å². The molecule has 1 aromatic rings. The van der Waals surface area contributed by atoms with E-state index in [1.165, 1.54) is 0 Å². The van der Waals surface area contributed by atoms with E-state index in [1.807, 2.05) is 38.1 Å². The Morgan fingerprint density at radius 3 is 2.71 bits per heavy atom. The van der Waals surface area contributed by atoms with Gasteiger partial charge >= 0.3 is 0 Å². The highest BCUT2D eigenvalue weighted by Crippen LogP contribution is 2.21. The summed E-state index contributed by atoms with van der Waals surface area (Å²) in [7, 11) is 0. The highest BCUT2D eigenvalue weighted by molar-refractivity contribution is 5.36. The van der Waals surface area contributed by atoms with Crippen LogP contribution in [-0.4, -0.2) is 12.8 Å². The van der Waals surface area contributed by atoms with E-state index in [0.717, 1.165) is 17.2 Å². The topological polar surface area (TPSA) is 9.23 Å². The molecule has 0 aliphatic rings. The number of ether oxygens (including phenoxy) is 1. The molecule has 14 heavy (non-hydrogen) atoms. The Bertz CT molecular complexity index is 283. The van der Waals surface area contributed by atoms with E-state index >= 15 is 0 Å². The minimum Gasteiger partial charge on any atom is -0.491 e. The molecule has 77 valence electrons. The summed E-state index contributed by atoms with van der Waals surface area (Å²) in [6.45, 7) is 5.32. The average molecular weight is 195 g/mol. The summed E-state index contributed by atoms with van der Waals surface area (Å²) < 4.78 is 17.9. The molecule has 0 saturated heterocycles. The minimum atomic E-state index is -0.412. The summed E-state index contributed by atoms with van der Waals surface area (Å²) in [5.41, 5.74) is 0.908. The van der Waals surface area contributed by atoms with Gasteiger partial charge in [-0.2, -0.15) is 0 Å². The van der Waals surface area contributed by atoms with Crippen LogP contribution in [0, 0.1) is 5.92 Å². The van der Waals surface area contributed by atoms with Gasteiger partial charge in [-0.25, -0.2) is 0 Å². The third-order valence-electron chi connectivity index (χ3n) is 1.90. The molecule has 0 N–H and O–H groups in total. The lowest BCUT2D eigenvalue weighted by Gasteiger charge is -2.12. The summed E-state index contributed by atoms with van der Waals surface area (Å²) >= 11 is 0. The van der Waals surface area contributed by atoms with Gasteiger partial charge in [-0.1, -0.05) is 19.1 Å². The smallest absolute Gasteiger partial charge is 0.119 e. The molecule has 1 radical (unpaired) electrons. The Kier molecular flexibility index (Phi) is 3.93. The maximum atomic E-state index is 12.4. The summed E-state index contributed by atoms with van der Waals surface area (Å²) in [6.07, 6.45) is 0.149. The summed E-state index contributed by atoms with van der Waals surface area (Å²) in [5, 5.41) is 0.